The molecule has 0 bridgehead atoms. The first kappa shape index (κ1) is 22.3. The molecule has 0 aliphatic heterocycles. The van der Waals surface area contributed by atoms with E-state index in [9.17, 15) is 9.59 Å². The van der Waals surface area contributed by atoms with E-state index >= 15 is 0 Å². The van der Waals surface area contributed by atoms with Crippen LogP contribution in [0.4, 0.5) is 11.5 Å². The van der Waals surface area contributed by atoms with Crippen LogP contribution in [0.2, 0.25) is 0 Å². The molecule has 0 saturated carbocycles. The molecule has 0 atom stereocenters. The van der Waals surface area contributed by atoms with Crippen molar-refractivity contribution in [2.45, 2.75) is 26.2 Å². The predicted octanol–water partition coefficient (Wildman–Crippen LogP) is 4.83. The summed E-state index contributed by atoms with van der Waals surface area (Å²) >= 11 is 0. The van der Waals surface area contributed by atoms with Gasteiger partial charge in [0.15, 0.2) is 5.43 Å². The van der Waals surface area contributed by atoms with Gasteiger partial charge in [-0.2, -0.15) is 0 Å². The third kappa shape index (κ3) is 4.95. The molecule has 6 nitrogen and oxygen atoms in total. The number of fused-ring (bicyclic) bond motifs is 1. The Bertz CT molecular complexity index is 1330. The van der Waals surface area contributed by atoms with E-state index in [4.69, 9.17) is 4.98 Å². The molecule has 0 radical (unpaired) electrons. The van der Waals surface area contributed by atoms with E-state index in [1.807, 2.05) is 72.2 Å². The van der Waals surface area contributed by atoms with Gasteiger partial charge in [0.25, 0.3) is 0 Å². The van der Waals surface area contributed by atoms with Gasteiger partial charge in [-0.15, -0.1) is 0 Å². The Morgan fingerprint density at radius 1 is 1.12 bits per heavy atom. The predicted molar refractivity (Wildman–Crippen MR) is 135 cm³/mol. The van der Waals surface area contributed by atoms with E-state index in [0.717, 1.165) is 22.6 Å². The maximum atomic E-state index is 13.2. The fourth-order valence-corrected chi connectivity index (χ4v) is 3.87. The number of hydrogen-bond acceptors (Lipinski definition) is 4. The molecular weight excluding hydrogens is 412 g/mol. The minimum absolute atomic E-state index is 0.0523. The normalized spacial score (nSPS) is 13.0. The van der Waals surface area contributed by atoms with Gasteiger partial charge in [-0.1, -0.05) is 42.5 Å². The van der Waals surface area contributed by atoms with Crippen molar-refractivity contribution >= 4 is 34.1 Å². The van der Waals surface area contributed by atoms with E-state index in [2.05, 4.69) is 11.4 Å². The number of amides is 1. The average Bonchev–Trinajstić information content (AvgIpc) is 3.08. The van der Waals surface area contributed by atoms with Gasteiger partial charge in [-0.25, -0.2) is 4.98 Å². The quantitative estimate of drug-likeness (QED) is 0.596. The summed E-state index contributed by atoms with van der Waals surface area (Å²) in [5.74, 6) is 0.715. The van der Waals surface area contributed by atoms with Crippen molar-refractivity contribution in [3.05, 3.63) is 94.3 Å². The molecule has 1 amide bonds. The molecule has 4 rings (SSSR count). The highest BCUT2D eigenvalue weighted by atomic mass is 16.2. The lowest BCUT2D eigenvalue weighted by molar-refractivity contribution is -0.128. The Labute approximate surface area is 193 Å². The third-order valence-electron chi connectivity index (χ3n) is 5.70. The van der Waals surface area contributed by atoms with E-state index in [1.54, 1.807) is 25.1 Å². The van der Waals surface area contributed by atoms with Crippen molar-refractivity contribution < 1.29 is 4.79 Å². The smallest absolute Gasteiger partial charge is 0.222 e. The average molecular weight is 441 g/mol. The zero-order chi connectivity index (χ0) is 23.4. The van der Waals surface area contributed by atoms with Crippen molar-refractivity contribution in [3.63, 3.8) is 0 Å². The van der Waals surface area contributed by atoms with Crippen LogP contribution in [0.1, 0.15) is 24.1 Å². The number of carbonyl (C=O) groups is 1. The van der Waals surface area contributed by atoms with E-state index in [0.29, 0.717) is 36.1 Å². The monoisotopic (exact) mass is 440 g/mol. The summed E-state index contributed by atoms with van der Waals surface area (Å²) in [7, 11) is 3.49. The third-order valence-corrected chi connectivity index (χ3v) is 5.70. The second kappa shape index (κ2) is 9.69. The van der Waals surface area contributed by atoms with Crippen LogP contribution in [0.5, 0.6) is 0 Å². The van der Waals surface area contributed by atoms with Crippen LogP contribution >= 0.6 is 0 Å². The van der Waals surface area contributed by atoms with Crippen LogP contribution in [-0.2, 0) is 11.2 Å². The van der Waals surface area contributed by atoms with Crippen LogP contribution < -0.4 is 10.7 Å². The molecule has 3 aromatic rings. The molecule has 1 aliphatic rings. The topological polar surface area (TPSA) is 67.2 Å². The minimum atomic E-state index is -0.104. The van der Waals surface area contributed by atoms with E-state index in [-0.39, 0.29) is 11.3 Å². The van der Waals surface area contributed by atoms with Gasteiger partial charge in [0.05, 0.1) is 5.39 Å². The van der Waals surface area contributed by atoms with Crippen molar-refractivity contribution in [2.75, 3.05) is 19.4 Å². The van der Waals surface area contributed by atoms with Crippen molar-refractivity contribution in [2.24, 2.45) is 0 Å². The number of nitrogens with one attached hydrogen (secondary N) is 1. The Morgan fingerprint density at radius 2 is 1.91 bits per heavy atom. The minimum Gasteiger partial charge on any atom is -0.349 e. The first-order chi connectivity index (χ1) is 15.9. The highest BCUT2D eigenvalue weighted by Gasteiger charge is 2.17. The van der Waals surface area contributed by atoms with Gasteiger partial charge in [-0.3, -0.25) is 14.2 Å². The fourth-order valence-electron chi connectivity index (χ4n) is 3.87. The molecule has 2 aromatic heterocycles. The van der Waals surface area contributed by atoms with Crippen molar-refractivity contribution in [1.29, 1.82) is 0 Å². The lowest BCUT2D eigenvalue weighted by Crippen LogP contribution is -2.22. The van der Waals surface area contributed by atoms with Gasteiger partial charge in [-0.05, 0) is 43.2 Å². The molecule has 2 heterocycles. The number of anilines is 2. The summed E-state index contributed by atoms with van der Waals surface area (Å²) in [5.41, 5.74) is 4.13. The summed E-state index contributed by atoms with van der Waals surface area (Å²) in [6.07, 6.45) is 11.7. The molecule has 1 aliphatic carbocycles. The number of allylic oxidation sites excluding steroid dienone is 6. The van der Waals surface area contributed by atoms with Crippen LogP contribution in [-0.4, -0.2) is 34.5 Å². The zero-order valence-electron chi connectivity index (χ0n) is 19.2. The number of nitrogens with zero attached hydrogens (tertiary/aromatic N) is 3. The maximum Gasteiger partial charge on any atom is 0.222 e. The first-order valence-corrected chi connectivity index (χ1v) is 11.1. The molecular formula is C27H28N4O2. The van der Waals surface area contributed by atoms with Gasteiger partial charge < -0.3 is 10.2 Å². The molecule has 0 fully saturated rings. The number of pyridine rings is 2. The fraction of sp³-hybridized carbons (Fsp3) is 0.222. The highest BCUT2D eigenvalue weighted by molar-refractivity contribution is 5.84. The SMILES string of the molecule is Cc1nc2c(cc1CCC(=O)N(C)C)c(=O)cc(Nc1ccccc1)n2C1=CC=CC=CC1. The largest absolute Gasteiger partial charge is 0.349 e. The standard InChI is InChI=1S/C27H28N4O2/c1-19-20(15-16-26(33)30(2)3)17-23-24(32)18-25(29-21-11-7-6-8-12-21)31(27(23)28-19)22-13-9-4-5-10-14-22/h4-13,17-18,29H,14-16H2,1-3H3. The zero-order valence-corrected chi connectivity index (χ0v) is 19.2. The number of carbonyl (C=O) groups excluding carboxylic acids is 1. The Balaban J connectivity index is 1.87. The van der Waals surface area contributed by atoms with Crippen LogP contribution in [0, 0.1) is 6.92 Å². The lowest BCUT2D eigenvalue weighted by Gasteiger charge is -2.20. The molecule has 0 spiro atoms. The molecule has 6 heteroatoms. The molecule has 168 valence electrons. The van der Waals surface area contributed by atoms with E-state index in [1.165, 1.54) is 0 Å². The molecule has 0 unspecified atom stereocenters. The van der Waals surface area contributed by atoms with Crippen LogP contribution in [0.25, 0.3) is 16.7 Å². The lowest BCUT2D eigenvalue weighted by atomic mass is 10.1. The number of para-hydroxylation sites is 1. The summed E-state index contributed by atoms with van der Waals surface area (Å²) in [6, 6.07) is 13.3. The number of benzene rings is 1. The second-order valence-corrected chi connectivity index (χ2v) is 8.29. The second-order valence-electron chi connectivity index (χ2n) is 8.29. The number of aryl methyl sites for hydroxylation is 2. The maximum absolute atomic E-state index is 13.2. The van der Waals surface area contributed by atoms with Gasteiger partial charge in [0, 0.05) is 50.1 Å². The van der Waals surface area contributed by atoms with Crippen LogP contribution in [0.15, 0.2) is 77.6 Å². The van der Waals surface area contributed by atoms with Gasteiger partial charge in [0.1, 0.15) is 11.5 Å². The number of aromatic nitrogens is 2. The van der Waals surface area contributed by atoms with Crippen molar-refractivity contribution in [1.82, 2.24) is 14.5 Å². The summed E-state index contributed by atoms with van der Waals surface area (Å²) in [4.78, 5) is 31.7. The Morgan fingerprint density at radius 3 is 2.67 bits per heavy atom. The summed E-state index contributed by atoms with van der Waals surface area (Å²) in [5, 5.41) is 3.94. The molecule has 1 N–H and O–H groups in total. The van der Waals surface area contributed by atoms with Crippen molar-refractivity contribution in [3.8, 4) is 0 Å². The van der Waals surface area contributed by atoms with Gasteiger partial charge >= 0.3 is 0 Å². The van der Waals surface area contributed by atoms with Gasteiger partial charge in [0.2, 0.25) is 5.91 Å². The molecule has 33 heavy (non-hydrogen) atoms. The summed E-state index contributed by atoms with van der Waals surface area (Å²) < 4.78 is 2.02. The number of rotatable bonds is 6. The summed E-state index contributed by atoms with van der Waals surface area (Å²) in [6.45, 7) is 1.93. The van der Waals surface area contributed by atoms with Crippen LogP contribution in [0.3, 0.4) is 0 Å². The molecule has 0 saturated heterocycles. The highest BCUT2D eigenvalue weighted by Crippen LogP contribution is 2.27. The molecule has 1 aromatic carbocycles. The first-order valence-electron chi connectivity index (χ1n) is 11.1. The van der Waals surface area contributed by atoms with E-state index < -0.39 is 0 Å². The Hall–Kier alpha value is -3.93. The number of hydrogen-bond donors (Lipinski definition) is 1. The Kier molecular flexibility index (Phi) is 6.54.